The molecule has 4 heteroatoms. The van der Waals surface area contributed by atoms with Crippen molar-refractivity contribution in [2.45, 2.75) is 26.5 Å². The van der Waals surface area contributed by atoms with Gasteiger partial charge in [0.25, 0.3) is 5.91 Å². The monoisotopic (exact) mass is 236 g/mol. The average Bonchev–Trinajstić information content (AvgIpc) is 2.30. The summed E-state index contributed by atoms with van der Waals surface area (Å²) in [5.74, 6) is 0.628. The van der Waals surface area contributed by atoms with E-state index in [4.69, 9.17) is 4.74 Å². The Hall–Kier alpha value is -1.55. The van der Waals surface area contributed by atoms with Gasteiger partial charge in [-0.1, -0.05) is 12.1 Å². The van der Waals surface area contributed by atoms with Crippen LogP contribution in [0.25, 0.3) is 0 Å². The van der Waals surface area contributed by atoms with Crippen molar-refractivity contribution in [1.29, 1.82) is 0 Å². The minimum absolute atomic E-state index is 0.0912. The number of benzene rings is 1. The zero-order valence-electron chi connectivity index (χ0n) is 10.6. The van der Waals surface area contributed by atoms with Crippen molar-refractivity contribution in [3.8, 4) is 5.75 Å². The van der Waals surface area contributed by atoms with Gasteiger partial charge in [0.2, 0.25) is 0 Å². The zero-order valence-corrected chi connectivity index (χ0v) is 10.6. The molecule has 1 aromatic carbocycles. The maximum Gasteiger partial charge on any atom is 0.260 e. The molecule has 0 fully saturated rings. The Kier molecular flexibility index (Phi) is 5.49. The number of carbonyl (C=O) groups excluding carboxylic acids is 1. The highest BCUT2D eigenvalue weighted by Gasteiger charge is 2.13. The number of amides is 1. The molecule has 1 atom stereocenters. The summed E-state index contributed by atoms with van der Waals surface area (Å²) < 4.78 is 5.58. The molecule has 0 bridgehead atoms. The van der Waals surface area contributed by atoms with Crippen molar-refractivity contribution >= 4 is 5.91 Å². The largest absolute Gasteiger partial charge is 0.481 e. The normalized spacial score (nSPS) is 11.9. The van der Waals surface area contributed by atoms with Crippen LogP contribution in [-0.2, 0) is 11.3 Å². The van der Waals surface area contributed by atoms with Crippen LogP contribution < -0.4 is 15.4 Å². The lowest BCUT2D eigenvalue weighted by Crippen LogP contribution is -2.36. The van der Waals surface area contributed by atoms with E-state index in [1.807, 2.05) is 38.2 Å². The first-order valence-electron chi connectivity index (χ1n) is 5.85. The van der Waals surface area contributed by atoms with Crippen molar-refractivity contribution in [2.75, 3.05) is 13.6 Å². The lowest BCUT2D eigenvalue weighted by atomic mass is 10.2. The molecular weight excluding hydrogens is 216 g/mol. The number of rotatable bonds is 6. The Morgan fingerprint density at radius 2 is 2.24 bits per heavy atom. The summed E-state index contributed by atoms with van der Waals surface area (Å²) in [7, 11) is 1.89. The molecule has 0 radical (unpaired) electrons. The predicted octanol–water partition coefficient (Wildman–Crippen LogP) is 1.31. The molecule has 17 heavy (non-hydrogen) atoms. The minimum Gasteiger partial charge on any atom is -0.481 e. The van der Waals surface area contributed by atoms with Gasteiger partial charge in [-0.3, -0.25) is 4.79 Å². The Bertz CT molecular complexity index is 366. The van der Waals surface area contributed by atoms with Gasteiger partial charge in [0.05, 0.1) is 0 Å². The molecule has 4 nitrogen and oxygen atoms in total. The second-order valence-electron chi connectivity index (χ2n) is 3.83. The first-order valence-corrected chi connectivity index (χ1v) is 5.85. The summed E-state index contributed by atoms with van der Waals surface area (Å²) in [4.78, 5) is 11.5. The van der Waals surface area contributed by atoms with E-state index in [-0.39, 0.29) is 5.91 Å². The van der Waals surface area contributed by atoms with Gasteiger partial charge in [-0.15, -0.1) is 0 Å². The molecule has 1 rings (SSSR count). The van der Waals surface area contributed by atoms with Gasteiger partial charge in [-0.2, -0.15) is 0 Å². The molecule has 1 amide bonds. The molecule has 1 aromatic rings. The van der Waals surface area contributed by atoms with Crippen LogP contribution in [0.1, 0.15) is 19.4 Å². The van der Waals surface area contributed by atoms with Crippen LogP contribution in [-0.4, -0.2) is 25.6 Å². The Morgan fingerprint density at radius 1 is 1.47 bits per heavy atom. The van der Waals surface area contributed by atoms with Gasteiger partial charge < -0.3 is 15.4 Å². The van der Waals surface area contributed by atoms with Crippen LogP contribution in [0.2, 0.25) is 0 Å². The average molecular weight is 236 g/mol. The first kappa shape index (κ1) is 13.5. The van der Waals surface area contributed by atoms with Crippen molar-refractivity contribution < 1.29 is 9.53 Å². The molecule has 0 aliphatic rings. The lowest BCUT2D eigenvalue weighted by molar-refractivity contribution is -0.127. The number of ether oxygens (including phenoxy) is 1. The van der Waals surface area contributed by atoms with Crippen LogP contribution in [0.3, 0.4) is 0 Å². The van der Waals surface area contributed by atoms with Crippen molar-refractivity contribution in [2.24, 2.45) is 0 Å². The quantitative estimate of drug-likeness (QED) is 0.783. The number of likely N-dealkylation sites (N-methyl/N-ethyl adjacent to an activating group) is 1. The van der Waals surface area contributed by atoms with Crippen LogP contribution in [0.4, 0.5) is 0 Å². The molecule has 0 aromatic heterocycles. The fraction of sp³-hybridized carbons (Fsp3) is 0.462. The summed E-state index contributed by atoms with van der Waals surface area (Å²) in [6, 6.07) is 7.73. The van der Waals surface area contributed by atoms with E-state index >= 15 is 0 Å². The molecule has 94 valence electrons. The molecule has 0 spiro atoms. The number of nitrogens with one attached hydrogen (secondary N) is 2. The van der Waals surface area contributed by atoms with Crippen molar-refractivity contribution in [3.05, 3.63) is 29.8 Å². The molecule has 0 saturated heterocycles. The highest BCUT2D eigenvalue weighted by molar-refractivity contribution is 5.80. The molecule has 0 saturated carbocycles. The standard InChI is InChI=1S/C13H20N2O2/c1-4-15-13(16)10(2)17-12-7-5-6-11(8-12)9-14-3/h5-8,10,14H,4,9H2,1-3H3,(H,15,16). The summed E-state index contributed by atoms with van der Waals surface area (Å²) in [6.07, 6.45) is -0.472. The van der Waals surface area contributed by atoms with Gasteiger partial charge in [-0.05, 0) is 38.6 Å². The van der Waals surface area contributed by atoms with E-state index < -0.39 is 6.10 Å². The third-order valence-electron chi connectivity index (χ3n) is 2.31. The minimum atomic E-state index is -0.472. The topological polar surface area (TPSA) is 50.4 Å². The zero-order chi connectivity index (χ0) is 12.7. The second kappa shape index (κ2) is 6.91. The van der Waals surface area contributed by atoms with E-state index in [9.17, 15) is 4.79 Å². The molecule has 0 aliphatic heterocycles. The molecular formula is C13H20N2O2. The second-order valence-corrected chi connectivity index (χ2v) is 3.83. The third kappa shape index (κ3) is 4.44. The lowest BCUT2D eigenvalue weighted by Gasteiger charge is -2.14. The van der Waals surface area contributed by atoms with Gasteiger partial charge in [-0.25, -0.2) is 0 Å². The van der Waals surface area contributed by atoms with Gasteiger partial charge in [0.1, 0.15) is 5.75 Å². The number of hydrogen-bond donors (Lipinski definition) is 2. The maximum atomic E-state index is 11.5. The highest BCUT2D eigenvalue weighted by atomic mass is 16.5. The van der Waals surface area contributed by atoms with E-state index in [1.165, 1.54) is 0 Å². The number of carbonyl (C=O) groups is 1. The van der Waals surface area contributed by atoms with E-state index in [0.29, 0.717) is 6.54 Å². The van der Waals surface area contributed by atoms with Crippen molar-refractivity contribution in [3.63, 3.8) is 0 Å². The molecule has 2 N–H and O–H groups in total. The van der Waals surface area contributed by atoms with Crippen LogP contribution in [0.5, 0.6) is 5.75 Å². The predicted molar refractivity (Wildman–Crippen MR) is 68.0 cm³/mol. The van der Waals surface area contributed by atoms with Gasteiger partial charge in [0.15, 0.2) is 6.10 Å². The summed E-state index contributed by atoms with van der Waals surface area (Å²) in [5, 5.41) is 5.80. The van der Waals surface area contributed by atoms with E-state index in [1.54, 1.807) is 6.92 Å². The third-order valence-corrected chi connectivity index (χ3v) is 2.31. The Morgan fingerprint density at radius 3 is 2.88 bits per heavy atom. The smallest absolute Gasteiger partial charge is 0.260 e. The molecule has 0 heterocycles. The summed E-state index contributed by atoms with van der Waals surface area (Å²) in [6.45, 7) is 5.03. The number of hydrogen-bond acceptors (Lipinski definition) is 3. The summed E-state index contributed by atoms with van der Waals surface area (Å²) in [5.41, 5.74) is 1.13. The first-order chi connectivity index (χ1) is 8.17. The van der Waals surface area contributed by atoms with E-state index in [0.717, 1.165) is 17.9 Å². The van der Waals surface area contributed by atoms with Crippen LogP contribution in [0.15, 0.2) is 24.3 Å². The maximum absolute atomic E-state index is 11.5. The highest BCUT2D eigenvalue weighted by Crippen LogP contribution is 2.14. The van der Waals surface area contributed by atoms with Crippen LogP contribution in [0, 0.1) is 0 Å². The molecule has 1 unspecified atom stereocenters. The fourth-order valence-corrected chi connectivity index (χ4v) is 1.51. The Balaban J connectivity index is 2.61. The van der Waals surface area contributed by atoms with Crippen LogP contribution >= 0.6 is 0 Å². The van der Waals surface area contributed by atoms with E-state index in [2.05, 4.69) is 10.6 Å². The van der Waals surface area contributed by atoms with Gasteiger partial charge >= 0.3 is 0 Å². The van der Waals surface area contributed by atoms with Gasteiger partial charge in [0, 0.05) is 13.1 Å². The summed E-state index contributed by atoms with van der Waals surface area (Å²) >= 11 is 0. The fourth-order valence-electron chi connectivity index (χ4n) is 1.51. The van der Waals surface area contributed by atoms with Crippen molar-refractivity contribution in [1.82, 2.24) is 10.6 Å². The SMILES string of the molecule is CCNC(=O)C(C)Oc1cccc(CNC)c1. The molecule has 0 aliphatic carbocycles. The Labute approximate surface area is 102 Å².